The van der Waals surface area contributed by atoms with Gasteiger partial charge in [-0.15, -0.1) is 0 Å². The van der Waals surface area contributed by atoms with Gasteiger partial charge in [0.2, 0.25) is 0 Å². The Morgan fingerprint density at radius 3 is 2.83 bits per heavy atom. The summed E-state index contributed by atoms with van der Waals surface area (Å²) in [5.74, 6) is 1.73. The van der Waals surface area contributed by atoms with Gasteiger partial charge in [-0.25, -0.2) is 0 Å². The van der Waals surface area contributed by atoms with Gasteiger partial charge in [-0.2, -0.15) is 0 Å². The number of nitrogens with one attached hydrogen (secondary N) is 1. The van der Waals surface area contributed by atoms with Crippen molar-refractivity contribution in [2.45, 2.75) is 0 Å². The van der Waals surface area contributed by atoms with Gasteiger partial charge in [-0.3, -0.25) is 4.79 Å². The molecular weight excluding hydrogens is 294 g/mol. The molecule has 1 aliphatic rings. The Hall–Kier alpha value is -2.95. The number of amides is 1. The van der Waals surface area contributed by atoms with E-state index >= 15 is 0 Å². The van der Waals surface area contributed by atoms with Crippen LogP contribution >= 0.6 is 0 Å². The minimum absolute atomic E-state index is 0.217. The third-order valence-corrected chi connectivity index (χ3v) is 3.26. The van der Waals surface area contributed by atoms with Crippen LogP contribution in [0.2, 0.25) is 0 Å². The lowest BCUT2D eigenvalue weighted by Gasteiger charge is -2.19. The summed E-state index contributed by atoms with van der Waals surface area (Å²) >= 11 is 0. The molecule has 2 aromatic rings. The molecule has 1 amide bonds. The van der Waals surface area contributed by atoms with Crippen molar-refractivity contribution in [3.8, 4) is 17.2 Å². The average Bonchev–Trinajstić information content (AvgIpc) is 2.60. The maximum absolute atomic E-state index is 12.3. The van der Waals surface area contributed by atoms with Crippen molar-refractivity contribution in [2.75, 3.05) is 25.1 Å². The number of ether oxygens (including phenoxy) is 3. The Morgan fingerprint density at radius 1 is 1.17 bits per heavy atom. The van der Waals surface area contributed by atoms with Crippen LogP contribution in [0.3, 0.4) is 0 Å². The van der Waals surface area contributed by atoms with Crippen LogP contribution in [0.4, 0.5) is 5.69 Å². The summed E-state index contributed by atoms with van der Waals surface area (Å²) < 4.78 is 16.4. The van der Waals surface area contributed by atoms with Crippen LogP contribution in [0.5, 0.6) is 17.2 Å². The lowest BCUT2D eigenvalue weighted by molar-refractivity contribution is 0.102. The van der Waals surface area contributed by atoms with Crippen molar-refractivity contribution >= 4 is 11.6 Å². The molecule has 3 rings (SSSR count). The maximum Gasteiger partial charge on any atom is 0.255 e. The first kappa shape index (κ1) is 15.0. The molecule has 1 heterocycles. The summed E-state index contributed by atoms with van der Waals surface area (Å²) in [6, 6.07) is 12.3. The van der Waals surface area contributed by atoms with Crippen molar-refractivity contribution in [3.63, 3.8) is 0 Å². The van der Waals surface area contributed by atoms with Gasteiger partial charge < -0.3 is 19.5 Å². The van der Waals surface area contributed by atoms with Gasteiger partial charge in [0.1, 0.15) is 25.6 Å². The quantitative estimate of drug-likeness (QED) is 0.861. The largest absolute Gasteiger partial charge is 0.490 e. The predicted octanol–water partition coefficient (Wildman–Crippen LogP) is 3.27. The number of fused-ring (bicyclic) bond motifs is 1. The monoisotopic (exact) mass is 311 g/mol. The number of hydrogen-bond donors (Lipinski definition) is 1. The standard InChI is InChI=1S/C18H17NO4/c1-2-8-21-15-5-3-4-13(11-15)18(20)19-14-6-7-16-17(12-14)23-10-9-22-16/h2-7,11-12H,1,8-10H2,(H,19,20). The van der Waals surface area contributed by atoms with Gasteiger partial charge >= 0.3 is 0 Å². The van der Waals surface area contributed by atoms with Crippen LogP contribution in [0, 0.1) is 0 Å². The van der Waals surface area contributed by atoms with Gasteiger partial charge in [-0.05, 0) is 30.3 Å². The van der Waals surface area contributed by atoms with E-state index in [2.05, 4.69) is 11.9 Å². The molecule has 1 N–H and O–H groups in total. The maximum atomic E-state index is 12.3. The van der Waals surface area contributed by atoms with E-state index in [0.717, 1.165) is 0 Å². The number of rotatable bonds is 5. The predicted molar refractivity (Wildman–Crippen MR) is 87.5 cm³/mol. The summed E-state index contributed by atoms with van der Waals surface area (Å²) in [6.07, 6.45) is 1.65. The summed E-state index contributed by atoms with van der Waals surface area (Å²) in [5.41, 5.74) is 1.16. The highest BCUT2D eigenvalue weighted by Gasteiger charge is 2.13. The number of carbonyl (C=O) groups is 1. The fraction of sp³-hybridized carbons (Fsp3) is 0.167. The van der Waals surface area contributed by atoms with Crippen LogP contribution in [-0.2, 0) is 0 Å². The molecule has 0 bridgehead atoms. The molecule has 0 atom stereocenters. The molecule has 5 nitrogen and oxygen atoms in total. The normalized spacial score (nSPS) is 12.3. The molecule has 0 aromatic heterocycles. The summed E-state index contributed by atoms with van der Waals surface area (Å²) in [6.45, 7) is 5.04. The number of hydrogen-bond acceptors (Lipinski definition) is 4. The summed E-state index contributed by atoms with van der Waals surface area (Å²) in [7, 11) is 0. The molecule has 0 fully saturated rings. The zero-order valence-electron chi connectivity index (χ0n) is 12.6. The molecular formula is C18H17NO4. The lowest BCUT2D eigenvalue weighted by Crippen LogP contribution is -2.16. The Labute approximate surface area is 134 Å². The molecule has 0 spiro atoms. The molecule has 1 aliphatic heterocycles. The van der Waals surface area contributed by atoms with Crippen molar-refractivity contribution in [2.24, 2.45) is 0 Å². The molecule has 0 saturated heterocycles. The zero-order valence-corrected chi connectivity index (χ0v) is 12.6. The van der Waals surface area contributed by atoms with E-state index < -0.39 is 0 Å². The van der Waals surface area contributed by atoms with Crippen LogP contribution < -0.4 is 19.5 Å². The van der Waals surface area contributed by atoms with Crippen LogP contribution in [0.15, 0.2) is 55.1 Å². The van der Waals surface area contributed by atoms with Crippen molar-refractivity contribution < 1.29 is 19.0 Å². The van der Waals surface area contributed by atoms with E-state index in [1.165, 1.54) is 0 Å². The Balaban J connectivity index is 1.72. The highest BCUT2D eigenvalue weighted by molar-refractivity contribution is 6.04. The Bertz CT molecular complexity index is 727. The van der Waals surface area contributed by atoms with E-state index in [1.807, 2.05) is 0 Å². The van der Waals surface area contributed by atoms with Gasteiger partial charge in [0.25, 0.3) is 5.91 Å². The van der Waals surface area contributed by atoms with E-state index in [4.69, 9.17) is 14.2 Å². The first-order chi connectivity index (χ1) is 11.3. The third kappa shape index (κ3) is 3.63. The molecule has 2 aromatic carbocycles. The van der Waals surface area contributed by atoms with Gasteiger partial charge in [-0.1, -0.05) is 18.7 Å². The minimum Gasteiger partial charge on any atom is -0.490 e. The first-order valence-electron chi connectivity index (χ1n) is 7.31. The van der Waals surface area contributed by atoms with Crippen LogP contribution in [0.25, 0.3) is 0 Å². The van der Waals surface area contributed by atoms with Crippen molar-refractivity contribution in [3.05, 3.63) is 60.7 Å². The summed E-state index contributed by atoms with van der Waals surface area (Å²) in [5, 5.41) is 2.84. The molecule has 0 radical (unpaired) electrons. The Morgan fingerprint density at radius 2 is 2.00 bits per heavy atom. The smallest absolute Gasteiger partial charge is 0.255 e. The van der Waals surface area contributed by atoms with Crippen molar-refractivity contribution in [1.82, 2.24) is 0 Å². The van der Waals surface area contributed by atoms with Gasteiger partial charge in [0.05, 0.1) is 0 Å². The molecule has 23 heavy (non-hydrogen) atoms. The zero-order chi connectivity index (χ0) is 16.1. The highest BCUT2D eigenvalue weighted by Crippen LogP contribution is 2.32. The van der Waals surface area contributed by atoms with Crippen LogP contribution in [-0.4, -0.2) is 25.7 Å². The highest BCUT2D eigenvalue weighted by atomic mass is 16.6. The van der Waals surface area contributed by atoms with E-state index in [-0.39, 0.29) is 5.91 Å². The number of benzene rings is 2. The van der Waals surface area contributed by atoms with Crippen molar-refractivity contribution in [1.29, 1.82) is 0 Å². The fourth-order valence-electron chi connectivity index (χ4n) is 2.21. The number of carbonyl (C=O) groups excluding carboxylic acids is 1. The lowest BCUT2D eigenvalue weighted by atomic mass is 10.2. The number of anilines is 1. The summed E-state index contributed by atoms with van der Waals surface area (Å²) in [4.78, 5) is 12.3. The third-order valence-electron chi connectivity index (χ3n) is 3.26. The second-order valence-corrected chi connectivity index (χ2v) is 4.94. The molecule has 0 aliphatic carbocycles. The Kier molecular flexibility index (Phi) is 4.47. The molecule has 0 saturated carbocycles. The van der Waals surface area contributed by atoms with Gasteiger partial charge in [0.15, 0.2) is 11.5 Å². The average molecular weight is 311 g/mol. The second-order valence-electron chi connectivity index (χ2n) is 4.94. The SMILES string of the molecule is C=CCOc1cccc(C(=O)Nc2ccc3c(c2)OCCO3)c1. The first-order valence-corrected chi connectivity index (χ1v) is 7.31. The minimum atomic E-state index is -0.217. The van der Waals surface area contributed by atoms with Gasteiger partial charge in [0, 0.05) is 17.3 Å². The van der Waals surface area contributed by atoms with E-state index in [9.17, 15) is 4.79 Å². The topological polar surface area (TPSA) is 56.8 Å². The van der Waals surface area contributed by atoms with Crippen LogP contribution in [0.1, 0.15) is 10.4 Å². The fourth-order valence-corrected chi connectivity index (χ4v) is 2.21. The second kappa shape index (κ2) is 6.87. The molecule has 5 heteroatoms. The molecule has 118 valence electrons. The van der Waals surface area contributed by atoms with E-state index in [1.54, 1.807) is 48.5 Å². The van der Waals surface area contributed by atoms with E-state index in [0.29, 0.717) is 48.3 Å². The molecule has 0 unspecified atom stereocenters.